The minimum Gasteiger partial charge on any atom is -0.317 e. The molecule has 1 aromatic heterocycles. The Morgan fingerprint density at radius 1 is 1.31 bits per heavy atom. The molecule has 0 spiro atoms. The highest BCUT2D eigenvalue weighted by molar-refractivity contribution is 7.85. The Morgan fingerprint density at radius 2 is 1.88 bits per heavy atom. The molecule has 1 fully saturated rings. The van der Waals surface area contributed by atoms with Crippen molar-refractivity contribution >= 4 is 34.8 Å². The van der Waals surface area contributed by atoms with E-state index in [2.05, 4.69) is 15.3 Å². The van der Waals surface area contributed by atoms with E-state index in [0.717, 1.165) is 25.9 Å². The molecular weight excluding hydrogens is 269 g/mol. The molecule has 2 rings (SSSR count). The fourth-order valence-electron chi connectivity index (χ4n) is 1.56. The highest BCUT2D eigenvalue weighted by Crippen LogP contribution is 2.15. The summed E-state index contributed by atoms with van der Waals surface area (Å²) in [6.45, 7) is 1.84. The van der Waals surface area contributed by atoms with Crippen LogP contribution in [-0.2, 0) is 10.8 Å². The summed E-state index contributed by atoms with van der Waals surface area (Å²) in [7, 11) is -1.10. The standard InChI is InChI=1S/C9H12ClN3OS.ClH/c10-7-5-12-9(13-6-7)15(14)8-1-3-11-4-2-8;/h5-6,8,11H,1-4H2;1H. The molecule has 0 aromatic carbocycles. The van der Waals surface area contributed by atoms with Gasteiger partial charge in [-0.1, -0.05) is 11.6 Å². The summed E-state index contributed by atoms with van der Waals surface area (Å²) in [6, 6.07) is 0. The number of nitrogens with zero attached hydrogens (tertiary/aromatic N) is 2. The van der Waals surface area contributed by atoms with Crippen LogP contribution in [0.5, 0.6) is 0 Å². The molecule has 0 amide bonds. The fraction of sp³-hybridized carbons (Fsp3) is 0.556. The number of piperidine rings is 1. The summed E-state index contributed by atoms with van der Waals surface area (Å²) in [5, 5.41) is 4.28. The zero-order valence-corrected chi connectivity index (χ0v) is 10.9. The molecule has 4 nitrogen and oxygen atoms in total. The number of rotatable bonds is 2. The summed E-state index contributed by atoms with van der Waals surface area (Å²) < 4.78 is 12.0. The fourth-order valence-corrected chi connectivity index (χ4v) is 2.94. The van der Waals surface area contributed by atoms with Crippen LogP contribution in [0.2, 0.25) is 5.02 Å². The third kappa shape index (κ3) is 3.38. The molecule has 1 saturated heterocycles. The van der Waals surface area contributed by atoms with Gasteiger partial charge in [-0.25, -0.2) is 9.97 Å². The van der Waals surface area contributed by atoms with Crippen molar-refractivity contribution in [2.45, 2.75) is 23.2 Å². The molecule has 1 aliphatic rings. The zero-order chi connectivity index (χ0) is 10.7. The smallest absolute Gasteiger partial charge is 0.218 e. The predicted octanol–water partition coefficient (Wildman–Crippen LogP) is 1.41. The monoisotopic (exact) mass is 281 g/mol. The van der Waals surface area contributed by atoms with Gasteiger partial charge in [-0.2, -0.15) is 0 Å². The van der Waals surface area contributed by atoms with Crippen molar-refractivity contribution in [3.63, 3.8) is 0 Å². The minimum absolute atomic E-state index is 0. The van der Waals surface area contributed by atoms with Gasteiger partial charge in [-0.3, -0.25) is 4.21 Å². The van der Waals surface area contributed by atoms with Crippen LogP contribution in [0.3, 0.4) is 0 Å². The van der Waals surface area contributed by atoms with E-state index < -0.39 is 10.8 Å². The minimum atomic E-state index is -1.10. The maximum absolute atomic E-state index is 12.0. The number of nitrogens with one attached hydrogen (secondary N) is 1. The number of halogens is 2. The lowest BCUT2D eigenvalue weighted by Crippen LogP contribution is -2.33. The number of hydrogen-bond donors (Lipinski definition) is 1. The second kappa shape index (κ2) is 6.49. The summed E-state index contributed by atoms with van der Waals surface area (Å²) in [5.41, 5.74) is 0. The molecule has 2 heterocycles. The van der Waals surface area contributed by atoms with E-state index in [1.165, 1.54) is 12.4 Å². The normalized spacial score (nSPS) is 18.8. The molecular formula is C9H13Cl2N3OS. The van der Waals surface area contributed by atoms with Gasteiger partial charge in [0.2, 0.25) is 5.16 Å². The van der Waals surface area contributed by atoms with E-state index in [1.807, 2.05) is 0 Å². The van der Waals surface area contributed by atoms with E-state index in [0.29, 0.717) is 10.2 Å². The van der Waals surface area contributed by atoms with E-state index in [1.54, 1.807) is 0 Å². The van der Waals surface area contributed by atoms with Crippen molar-refractivity contribution < 1.29 is 4.21 Å². The van der Waals surface area contributed by atoms with Gasteiger partial charge in [-0.05, 0) is 25.9 Å². The summed E-state index contributed by atoms with van der Waals surface area (Å²) in [4.78, 5) is 7.98. The van der Waals surface area contributed by atoms with Crippen LogP contribution in [-0.4, -0.2) is 32.5 Å². The largest absolute Gasteiger partial charge is 0.317 e. The molecule has 1 aromatic rings. The van der Waals surface area contributed by atoms with Crippen molar-refractivity contribution in [2.24, 2.45) is 0 Å². The lowest BCUT2D eigenvalue weighted by molar-refractivity contribution is 0.517. The Balaban J connectivity index is 0.00000128. The number of hydrogen-bond acceptors (Lipinski definition) is 4. The predicted molar refractivity (Wildman–Crippen MR) is 66.6 cm³/mol. The van der Waals surface area contributed by atoms with Crippen molar-refractivity contribution in [1.82, 2.24) is 15.3 Å². The van der Waals surface area contributed by atoms with Gasteiger partial charge in [-0.15, -0.1) is 12.4 Å². The number of aromatic nitrogens is 2. The molecule has 0 saturated carbocycles. The Bertz CT molecular complexity index is 354. The molecule has 1 atom stereocenters. The summed E-state index contributed by atoms with van der Waals surface area (Å²) >= 11 is 5.67. The highest BCUT2D eigenvalue weighted by Gasteiger charge is 2.22. The Labute approximate surface area is 108 Å². The third-order valence-electron chi connectivity index (χ3n) is 2.37. The van der Waals surface area contributed by atoms with Crippen molar-refractivity contribution in [1.29, 1.82) is 0 Å². The Morgan fingerprint density at radius 3 is 2.44 bits per heavy atom. The van der Waals surface area contributed by atoms with Crippen molar-refractivity contribution in [3.8, 4) is 0 Å². The average molecular weight is 282 g/mol. The first-order chi connectivity index (χ1) is 7.27. The first-order valence-electron chi connectivity index (χ1n) is 4.86. The van der Waals surface area contributed by atoms with E-state index in [-0.39, 0.29) is 17.7 Å². The second-order valence-electron chi connectivity index (χ2n) is 3.43. The lowest BCUT2D eigenvalue weighted by Gasteiger charge is -2.20. The van der Waals surface area contributed by atoms with Gasteiger partial charge >= 0.3 is 0 Å². The van der Waals surface area contributed by atoms with E-state index in [4.69, 9.17) is 11.6 Å². The van der Waals surface area contributed by atoms with Crippen LogP contribution in [0.4, 0.5) is 0 Å². The highest BCUT2D eigenvalue weighted by atomic mass is 35.5. The maximum Gasteiger partial charge on any atom is 0.218 e. The van der Waals surface area contributed by atoms with Gasteiger partial charge in [0.1, 0.15) is 0 Å². The lowest BCUT2D eigenvalue weighted by atomic mass is 10.2. The molecule has 1 unspecified atom stereocenters. The first kappa shape index (κ1) is 13.8. The molecule has 0 aliphatic carbocycles. The van der Waals surface area contributed by atoms with Crippen LogP contribution in [0.15, 0.2) is 17.6 Å². The van der Waals surface area contributed by atoms with Crippen LogP contribution in [0.25, 0.3) is 0 Å². The molecule has 7 heteroatoms. The van der Waals surface area contributed by atoms with Gasteiger partial charge in [0, 0.05) is 5.25 Å². The molecule has 16 heavy (non-hydrogen) atoms. The van der Waals surface area contributed by atoms with Crippen LogP contribution >= 0.6 is 24.0 Å². The molecule has 90 valence electrons. The first-order valence-corrected chi connectivity index (χ1v) is 6.45. The third-order valence-corrected chi connectivity index (χ3v) is 4.21. The van der Waals surface area contributed by atoms with Crippen LogP contribution in [0, 0.1) is 0 Å². The second-order valence-corrected chi connectivity index (χ2v) is 5.49. The molecule has 1 N–H and O–H groups in total. The molecule has 0 radical (unpaired) electrons. The Kier molecular flexibility index (Phi) is 5.61. The van der Waals surface area contributed by atoms with Gasteiger partial charge in [0.25, 0.3) is 0 Å². The SMILES string of the molecule is Cl.O=S(c1ncc(Cl)cn1)C1CCNCC1. The van der Waals surface area contributed by atoms with E-state index >= 15 is 0 Å². The van der Waals surface area contributed by atoms with Crippen LogP contribution < -0.4 is 5.32 Å². The van der Waals surface area contributed by atoms with Gasteiger partial charge in [0.15, 0.2) is 0 Å². The van der Waals surface area contributed by atoms with Gasteiger partial charge in [0.05, 0.1) is 28.2 Å². The van der Waals surface area contributed by atoms with Crippen LogP contribution in [0.1, 0.15) is 12.8 Å². The Hall–Kier alpha value is -0.230. The van der Waals surface area contributed by atoms with E-state index in [9.17, 15) is 4.21 Å². The quantitative estimate of drug-likeness (QED) is 0.833. The average Bonchev–Trinajstić information content (AvgIpc) is 2.30. The van der Waals surface area contributed by atoms with Crippen molar-refractivity contribution in [3.05, 3.63) is 17.4 Å². The maximum atomic E-state index is 12.0. The summed E-state index contributed by atoms with van der Waals surface area (Å²) in [5.74, 6) is 0. The topological polar surface area (TPSA) is 54.9 Å². The van der Waals surface area contributed by atoms with Crippen molar-refractivity contribution in [2.75, 3.05) is 13.1 Å². The summed E-state index contributed by atoms with van der Waals surface area (Å²) in [6.07, 6.45) is 4.81. The molecule has 1 aliphatic heterocycles. The molecule has 0 bridgehead atoms. The van der Waals surface area contributed by atoms with Gasteiger partial charge < -0.3 is 5.32 Å². The zero-order valence-electron chi connectivity index (χ0n) is 8.56.